The maximum Gasteiger partial charge on any atom is 0.243 e. The van der Waals surface area contributed by atoms with Crippen LogP contribution in [-0.4, -0.2) is 69.9 Å². The second-order valence-corrected chi connectivity index (χ2v) is 13.4. The summed E-state index contributed by atoms with van der Waals surface area (Å²) in [7, 11) is -1.97. The van der Waals surface area contributed by atoms with Crippen LogP contribution in [0.15, 0.2) is 47.4 Å². The van der Waals surface area contributed by atoms with E-state index >= 15 is 0 Å². The lowest BCUT2D eigenvalue weighted by Gasteiger charge is -2.41. The Morgan fingerprint density at radius 3 is 2.29 bits per heavy atom. The first-order chi connectivity index (χ1) is 18.2. The molecule has 0 aromatic heterocycles. The molecule has 0 unspecified atom stereocenters. The highest BCUT2D eigenvalue weighted by Crippen LogP contribution is 2.43. The lowest BCUT2D eigenvalue weighted by molar-refractivity contribution is -0.137. The summed E-state index contributed by atoms with van der Waals surface area (Å²) in [6, 6.07) is 12.9. The SMILES string of the molecule is COc1ccc(S(=O)(=O)N2CCC[C@@H](C)C2)cc1N1CCN(C(=O)C2(c3ccc(Cl)cc3)CCCC2)CC1. The lowest BCUT2D eigenvalue weighted by atomic mass is 9.77. The molecule has 5 rings (SSSR count). The van der Waals surface area contributed by atoms with E-state index in [9.17, 15) is 13.2 Å². The van der Waals surface area contributed by atoms with E-state index in [1.54, 1.807) is 29.6 Å². The minimum Gasteiger partial charge on any atom is -0.495 e. The summed E-state index contributed by atoms with van der Waals surface area (Å²) in [5.41, 5.74) is 1.33. The Kier molecular flexibility index (Phi) is 7.94. The average molecular weight is 560 g/mol. The zero-order valence-electron chi connectivity index (χ0n) is 22.4. The van der Waals surface area contributed by atoms with E-state index in [2.05, 4.69) is 11.8 Å². The number of halogens is 1. The highest BCUT2D eigenvalue weighted by molar-refractivity contribution is 7.89. The van der Waals surface area contributed by atoms with Gasteiger partial charge in [0.25, 0.3) is 0 Å². The van der Waals surface area contributed by atoms with Crippen molar-refractivity contribution in [3.8, 4) is 5.75 Å². The number of nitrogens with zero attached hydrogens (tertiary/aromatic N) is 3. The molecular formula is C29H38ClN3O4S. The van der Waals surface area contributed by atoms with Crippen molar-refractivity contribution in [2.75, 3.05) is 51.3 Å². The largest absolute Gasteiger partial charge is 0.495 e. The van der Waals surface area contributed by atoms with Gasteiger partial charge in [0.2, 0.25) is 15.9 Å². The Morgan fingerprint density at radius 1 is 0.974 bits per heavy atom. The maximum atomic E-state index is 13.9. The standard InChI is InChI=1S/C29H38ClN3O4S/c1-22-6-5-15-33(21-22)38(35,36)25-11-12-27(37-2)26(20-25)31-16-18-32(19-17-31)28(34)29(13-3-4-14-29)23-7-9-24(30)10-8-23/h7-12,20,22H,3-6,13-19,21H2,1-2H3/t22-/m1/s1. The van der Waals surface area contributed by atoms with Gasteiger partial charge in [-0.15, -0.1) is 0 Å². The molecule has 1 aliphatic carbocycles. The maximum absolute atomic E-state index is 13.9. The molecule has 1 atom stereocenters. The molecule has 206 valence electrons. The fourth-order valence-electron chi connectivity index (χ4n) is 6.42. The van der Waals surface area contributed by atoms with Crippen LogP contribution >= 0.6 is 11.6 Å². The third-order valence-electron chi connectivity index (χ3n) is 8.58. The molecule has 9 heteroatoms. The van der Waals surface area contributed by atoms with Gasteiger partial charge in [0.05, 0.1) is 23.1 Å². The van der Waals surface area contributed by atoms with Crippen molar-refractivity contribution < 1.29 is 17.9 Å². The van der Waals surface area contributed by atoms with E-state index in [-0.39, 0.29) is 5.91 Å². The topological polar surface area (TPSA) is 70.2 Å². The molecule has 3 fully saturated rings. The number of methoxy groups -OCH3 is 1. The average Bonchev–Trinajstić information content (AvgIpc) is 3.44. The van der Waals surface area contributed by atoms with Gasteiger partial charge in [0.15, 0.2) is 0 Å². The fourth-order valence-corrected chi connectivity index (χ4v) is 8.16. The van der Waals surface area contributed by atoms with Gasteiger partial charge in [-0.3, -0.25) is 4.79 Å². The van der Waals surface area contributed by atoms with Crippen molar-refractivity contribution in [1.29, 1.82) is 0 Å². The number of sulfonamides is 1. The van der Waals surface area contributed by atoms with Crippen LogP contribution < -0.4 is 9.64 Å². The van der Waals surface area contributed by atoms with Crippen LogP contribution in [0.3, 0.4) is 0 Å². The highest BCUT2D eigenvalue weighted by atomic mass is 35.5. The molecule has 2 heterocycles. The van der Waals surface area contributed by atoms with Gasteiger partial charge in [-0.05, 0) is 67.5 Å². The van der Waals surface area contributed by atoms with Gasteiger partial charge in [-0.1, -0.05) is 43.5 Å². The Morgan fingerprint density at radius 2 is 1.66 bits per heavy atom. The highest BCUT2D eigenvalue weighted by Gasteiger charge is 2.45. The van der Waals surface area contributed by atoms with Crippen molar-refractivity contribution in [1.82, 2.24) is 9.21 Å². The number of piperazine rings is 1. The van der Waals surface area contributed by atoms with E-state index in [1.165, 1.54) is 0 Å². The molecular weight excluding hydrogens is 522 g/mol. The second kappa shape index (κ2) is 11.1. The number of carbonyl (C=O) groups is 1. The zero-order chi connectivity index (χ0) is 26.9. The first kappa shape index (κ1) is 27.3. The number of rotatable bonds is 6. The molecule has 1 saturated carbocycles. The summed E-state index contributed by atoms with van der Waals surface area (Å²) in [6.45, 7) is 5.61. The molecule has 2 aromatic carbocycles. The molecule has 38 heavy (non-hydrogen) atoms. The van der Waals surface area contributed by atoms with Crippen molar-refractivity contribution in [3.63, 3.8) is 0 Å². The van der Waals surface area contributed by atoms with Crippen molar-refractivity contribution in [2.45, 2.75) is 55.8 Å². The van der Waals surface area contributed by atoms with Gasteiger partial charge >= 0.3 is 0 Å². The summed E-state index contributed by atoms with van der Waals surface area (Å²) in [5.74, 6) is 1.20. The summed E-state index contributed by atoms with van der Waals surface area (Å²) in [4.78, 5) is 18.4. The second-order valence-electron chi connectivity index (χ2n) is 11.0. The summed E-state index contributed by atoms with van der Waals surface area (Å²) < 4.78 is 34.1. The Balaban J connectivity index is 1.34. The molecule has 7 nitrogen and oxygen atoms in total. The van der Waals surface area contributed by atoms with Crippen LogP contribution in [0.1, 0.15) is 51.0 Å². The number of carbonyl (C=O) groups excluding carboxylic acids is 1. The number of piperidine rings is 1. The number of ether oxygens (including phenoxy) is 1. The van der Waals surface area contributed by atoms with Crippen molar-refractivity contribution >= 4 is 33.2 Å². The van der Waals surface area contributed by atoms with Crippen LogP contribution in [0.25, 0.3) is 0 Å². The van der Waals surface area contributed by atoms with E-state index < -0.39 is 15.4 Å². The number of hydrogen-bond donors (Lipinski definition) is 0. The molecule has 1 amide bonds. The van der Waals surface area contributed by atoms with Gasteiger partial charge in [0.1, 0.15) is 5.75 Å². The zero-order valence-corrected chi connectivity index (χ0v) is 23.9. The summed E-state index contributed by atoms with van der Waals surface area (Å²) >= 11 is 6.13. The van der Waals surface area contributed by atoms with Crippen LogP contribution in [0.5, 0.6) is 5.75 Å². The quantitative estimate of drug-likeness (QED) is 0.502. The Labute approximate surface area is 231 Å². The van der Waals surface area contributed by atoms with Gasteiger partial charge in [-0.25, -0.2) is 8.42 Å². The monoisotopic (exact) mass is 559 g/mol. The van der Waals surface area contributed by atoms with Crippen LogP contribution in [-0.2, 0) is 20.2 Å². The molecule has 0 spiro atoms. The molecule has 0 N–H and O–H groups in total. The predicted octanol–water partition coefficient (Wildman–Crippen LogP) is 4.93. The third kappa shape index (κ3) is 5.15. The van der Waals surface area contributed by atoms with Crippen LogP contribution in [0, 0.1) is 5.92 Å². The summed E-state index contributed by atoms with van der Waals surface area (Å²) in [5, 5.41) is 0.677. The third-order valence-corrected chi connectivity index (χ3v) is 10.7. The normalized spacial score (nSPS) is 22.4. The van der Waals surface area contributed by atoms with Gasteiger partial charge in [0, 0.05) is 44.3 Å². The van der Waals surface area contributed by atoms with Crippen molar-refractivity contribution in [2.24, 2.45) is 5.92 Å². The molecule has 3 aliphatic rings. The smallest absolute Gasteiger partial charge is 0.243 e. The minimum absolute atomic E-state index is 0.194. The Bertz CT molecular complexity index is 1250. The molecule has 2 aromatic rings. The minimum atomic E-state index is -3.58. The van der Waals surface area contributed by atoms with E-state index in [4.69, 9.17) is 16.3 Å². The number of benzene rings is 2. The first-order valence-electron chi connectivity index (χ1n) is 13.7. The molecule has 0 radical (unpaired) electrons. The number of anilines is 1. The van der Waals surface area contributed by atoms with E-state index in [0.717, 1.165) is 49.8 Å². The predicted molar refractivity (Wildman–Crippen MR) is 151 cm³/mol. The van der Waals surface area contributed by atoms with Gasteiger partial charge in [-0.2, -0.15) is 4.31 Å². The Hall–Kier alpha value is -2.29. The fraction of sp³-hybridized carbons (Fsp3) is 0.552. The van der Waals surface area contributed by atoms with Crippen LogP contribution in [0.4, 0.5) is 5.69 Å². The van der Waals surface area contributed by atoms with E-state index in [0.29, 0.717) is 60.9 Å². The number of amides is 1. The van der Waals surface area contributed by atoms with Crippen molar-refractivity contribution in [3.05, 3.63) is 53.1 Å². The van der Waals surface area contributed by atoms with Crippen LogP contribution in [0.2, 0.25) is 5.02 Å². The molecule has 2 saturated heterocycles. The van der Waals surface area contributed by atoms with E-state index in [1.807, 2.05) is 29.2 Å². The number of hydrogen-bond acceptors (Lipinski definition) is 5. The lowest BCUT2D eigenvalue weighted by Crippen LogP contribution is -2.54. The summed E-state index contributed by atoms with van der Waals surface area (Å²) in [6.07, 6.45) is 5.75. The van der Waals surface area contributed by atoms with Gasteiger partial charge < -0.3 is 14.5 Å². The first-order valence-corrected chi connectivity index (χ1v) is 15.5. The molecule has 2 aliphatic heterocycles. The molecule has 0 bridgehead atoms.